The Bertz CT molecular complexity index is 9460. The largest absolute Gasteiger partial charge is 0.290 e. The van der Waals surface area contributed by atoms with E-state index in [4.69, 9.17) is 49.8 Å². The van der Waals surface area contributed by atoms with Crippen molar-refractivity contribution < 1.29 is 0 Å². The second-order valence-electron chi connectivity index (χ2n) is 38.6. The summed E-state index contributed by atoms with van der Waals surface area (Å²) in [6, 6.07) is 101. The van der Waals surface area contributed by atoms with Crippen molar-refractivity contribution in [1.82, 2.24) is 77.4 Å². The molecule has 28 aromatic rings. The van der Waals surface area contributed by atoms with Gasteiger partial charge in [-0.25, -0.2) is 19.9 Å². The highest BCUT2D eigenvalue weighted by molar-refractivity contribution is 6.19. The second kappa shape index (κ2) is 27.7. The van der Waals surface area contributed by atoms with Gasteiger partial charge in [0.05, 0.1) is 82.8 Å². The lowest BCUT2D eigenvalue weighted by Crippen LogP contribution is -1.94. The number of rotatable bonds is 0. The SMILES string of the molecule is c1ccc2c(c1)Cc1c-2ccc2c1-c1c(ccc3c1nc1c4cccnc4c4ncccc4n31)C2.c1ccc2c(c1)Cc1c-2ccc2c1-c1c(ccc3c1nc1c4ccncc4c4ncccc4n31)C2.c1ccc2c(c1)Cc1c-2ccc2c1-c1c(ccc3c1nc1c4cnccc4c4ncccc4n31)C2.c1ccc2c(c1)Cc1c-2ccc2c1-c1c(ccc3c1nc1c4ncccc4c4ncccc4n31)C2. The van der Waals surface area contributed by atoms with E-state index in [1.54, 1.807) is 0 Å². The van der Waals surface area contributed by atoms with Crippen molar-refractivity contribution in [3.8, 4) is 89.0 Å². The average molecular weight is 1790 g/mol. The maximum Gasteiger partial charge on any atom is 0.165 e. The van der Waals surface area contributed by atoms with Crippen molar-refractivity contribution in [3.05, 3.63) is 430 Å². The van der Waals surface area contributed by atoms with Crippen LogP contribution in [0.3, 0.4) is 0 Å². The number of benzene rings is 12. The van der Waals surface area contributed by atoms with Crippen LogP contribution in [0.5, 0.6) is 0 Å². The number of imidazole rings is 4. The Labute approximate surface area is 796 Å². The molecule has 0 N–H and O–H groups in total. The molecule has 0 fully saturated rings. The van der Waals surface area contributed by atoms with Gasteiger partial charge in [-0.3, -0.25) is 57.5 Å². The molecule has 0 bridgehead atoms. The van der Waals surface area contributed by atoms with Crippen LogP contribution >= 0.6 is 0 Å². The Morgan fingerprint density at radius 2 is 0.443 bits per heavy atom. The fourth-order valence-corrected chi connectivity index (χ4v) is 26.0. The van der Waals surface area contributed by atoms with Crippen molar-refractivity contribution in [1.29, 1.82) is 0 Å². The summed E-state index contributed by atoms with van der Waals surface area (Å²) >= 11 is 0. The highest BCUT2D eigenvalue weighted by Gasteiger charge is 2.38. The van der Waals surface area contributed by atoms with Gasteiger partial charge in [0.1, 0.15) is 33.5 Å². The fourth-order valence-electron chi connectivity index (χ4n) is 26.0. The van der Waals surface area contributed by atoms with Crippen LogP contribution < -0.4 is 0 Å². The molecular formula is C124H72N16. The summed E-state index contributed by atoms with van der Waals surface area (Å²) in [4.78, 5) is 58.5. The molecule has 0 spiro atoms. The third kappa shape index (κ3) is 10.1. The first-order valence-electron chi connectivity index (χ1n) is 48.2. The van der Waals surface area contributed by atoms with Crippen molar-refractivity contribution in [2.24, 2.45) is 0 Å². The van der Waals surface area contributed by atoms with E-state index < -0.39 is 0 Å². The van der Waals surface area contributed by atoms with Crippen LogP contribution in [-0.2, 0) is 51.4 Å². The van der Waals surface area contributed by atoms with Gasteiger partial charge in [-0.2, -0.15) is 0 Å². The molecule has 0 atom stereocenters. The minimum Gasteiger partial charge on any atom is -0.290 e. The van der Waals surface area contributed by atoms with E-state index in [9.17, 15) is 0 Å². The first-order valence-corrected chi connectivity index (χ1v) is 48.2. The highest BCUT2D eigenvalue weighted by Crippen LogP contribution is 2.57. The van der Waals surface area contributed by atoms with E-state index in [0.29, 0.717) is 0 Å². The number of aromatic nitrogens is 16. The van der Waals surface area contributed by atoms with Crippen molar-refractivity contribution in [2.75, 3.05) is 0 Å². The predicted molar refractivity (Wildman–Crippen MR) is 559 cm³/mol. The second-order valence-corrected chi connectivity index (χ2v) is 38.6. The van der Waals surface area contributed by atoms with Gasteiger partial charge in [0.15, 0.2) is 5.65 Å². The first-order chi connectivity index (χ1) is 69.5. The molecule has 16 nitrogen and oxygen atoms in total. The van der Waals surface area contributed by atoms with E-state index in [0.717, 1.165) is 206 Å². The standard InChI is InChI=1S/4C31H18N4/c1-2-6-20-17(5-1)16-23-21(20)11-9-18-15-19-10-12-25-29(27(19)26(18)23)34-31-22-7-3-13-32-28(22)30-24(35(25)31)8-4-14-33-30;1-2-6-20-17(5-1)16-23-21(20)11-9-18-15-19-10-12-25-30(27(19)26(18)23)34-31-29-22(7-3-13-33-29)28-24(35(25)31)8-4-14-32-28;1-2-5-20-17(4-1)15-23-21(20)9-7-18-14-19-8-10-26-30(28(19)27(18)23)34-31-22-11-13-32-16-24(22)29-25(35(26)31)6-3-12-33-29;1-2-5-20-17(4-1)15-23-21(20)9-7-18-14-19-8-10-26-30(28(19)27(18)23)34-31-24-16-32-13-11-22(24)29-25(35(26)31)6-3-12-33-29/h2*1-14H,15-16H2;2*1-13,16H,14-15H2. The summed E-state index contributed by atoms with van der Waals surface area (Å²) in [6.07, 6.45) is 26.4. The molecule has 648 valence electrons. The molecule has 0 aliphatic heterocycles. The van der Waals surface area contributed by atoms with Crippen LogP contribution in [0.2, 0.25) is 0 Å². The molecule has 140 heavy (non-hydrogen) atoms. The van der Waals surface area contributed by atoms with E-state index in [1.165, 1.54) is 178 Å². The van der Waals surface area contributed by atoms with Gasteiger partial charge in [0.2, 0.25) is 0 Å². The van der Waals surface area contributed by atoms with Crippen molar-refractivity contribution in [2.45, 2.75) is 51.4 Å². The zero-order valence-corrected chi connectivity index (χ0v) is 75.1. The van der Waals surface area contributed by atoms with Gasteiger partial charge in [0.25, 0.3) is 0 Å². The van der Waals surface area contributed by atoms with Crippen LogP contribution in [0.4, 0.5) is 0 Å². The molecule has 0 saturated carbocycles. The molecule has 16 heterocycles. The van der Waals surface area contributed by atoms with Crippen LogP contribution in [0.1, 0.15) is 89.0 Å². The maximum absolute atomic E-state index is 5.35. The summed E-state index contributed by atoms with van der Waals surface area (Å²) in [5, 5.41) is 6.32. The Morgan fingerprint density at radius 3 is 0.857 bits per heavy atom. The lowest BCUT2D eigenvalue weighted by molar-refractivity contribution is 1.23. The molecule has 0 saturated heterocycles. The van der Waals surface area contributed by atoms with Gasteiger partial charge in [-0.15, -0.1) is 0 Å². The summed E-state index contributed by atoms with van der Waals surface area (Å²) in [7, 11) is 0. The smallest absolute Gasteiger partial charge is 0.165 e. The van der Waals surface area contributed by atoms with E-state index in [2.05, 4.69) is 264 Å². The molecule has 8 aliphatic rings. The predicted octanol–water partition coefficient (Wildman–Crippen LogP) is 26.9. The van der Waals surface area contributed by atoms with Crippen LogP contribution in [0.25, 0.3) is 243 Å². The van der Waals surface area contributed by atoms with Gasteiger partial charge in [-0.05, 0) is 316 Å². The lowest BCUT2D eigenvalue weighted by Gasteiger charge is -2.10. The maximum atomic E-state index is 5.35. The minimum absolute atomic E-state index is 0.896. The Kier molecular flexibility index (Phi) is 14.9. The molecular weight excluding hydrogens is 1710 g/mol. The van der Waals surface area contributed by atoms with Crippen molar-refractivity contribution in [3.63, 3.8) is 0 Å². The summed E-state index contributed by atoms with van der Waals surface area (Å²) in [5.41, 5.74) is 66.8. The van der Waals surface area contributed by atoms with E-state index >= 15 is 0 Å². The quantitative estimate of drug-likeness (QED) is 0.132. The van der Waals surface area contributed by atoms with Gasteiger partial charge in [0, 0.05) is 117 Å². The van der Waals surface area contributed by atoms with Crippen molar-refractivity contribution >= 4 is 154 Å². The first kappa shape index (κ1) is 75.1. The summed E-state index contributed by atoms with van der Waals surface area (Å²) in [6.45, 7) is 0. The number of pyridine rings is 12. The van der Waals surface area contributed by atoms with Gasteiger partial charge >= 0.3 is 0 Å². The van der Waals surface area contributed by atoms with Crippen LogP contribution in [-0.4, -0.2) is 77.4 Å². The number of hydrogen-bond donors (Lipinski definition) is 0. The molecule has 0 amide bonds. The average Bonchev–Trinajstić information content (AvgIpc) is 1.55. The zero-order chi connectivity index (χ0) is 90.7. The lowest BCUT2D eigenvalue weighted by atomic mass is 9.94. The highest BCUT2D eigenvalue weighted by atomic mass is 15.1. The fraction of sp³-hybridized carbons (Fsp3) is 0.0645. The number of fused-ring (bicyclic) bond motifs is 64. The topological polar surface area (TPSA) is 172 Å². The minimum atomic E-state index is 0.896. The zero-order valence-electron chi connectivity index (χ0n) is 75.1. The number of nitrogens with zero attached hydrogens (tertiary/aromatic N) is 16. The molecule has 16 aromatic heterocycles. The van der Waals surface area contributed by atoms with Gasteiger partial charge in [-0.1, -0.05) is 170 Å². The van der Waals surface area contributed by atoms with Crippen LogP contribution in [0.15, 0.2) is 341 Å². The summed E-state index contributed by atoms with van der Waals surface area (Å²) < 4.78 is 9.09. The molecule has 0 unspecified atom stereocenters. The van der Waals surface area contributed by atoms with Crippen LogP contribution in [0, 0.1) is 0 Å². The third-order valence-corrected chi connectivity index (χ3v) is 31.8. The van der Waals surface area contributed by atoms with Gasteiger partial charge < -0.3 is 0 Å². The molecule has 8 aliphatic carbocycles. The molecule has 36 rings (SSSR count). The Morgan fingerprint density at radius 1 is 0.157 bits per heavy atom. The molecule has 0 radical (unpaired) electrons. The molecule has 12 aromatic carbocycles. The number of hydrogen-bond acceptors (Lipinski definition) is 12. The van der Waals surface area contributed by atoms with E-state index in [-0.39, 0.29) is 0 Å². The normalized spacial score (nSPS) is 13.5. The Balaban J connectivity index is 0.0000000829. The monoisotopic (exact) mass is 1780 g/mol. The third-order valence-electron chi connectivity index (χ3n) is 31.8. The Hall–Kier alpha value is -18.3. The molecule has 16 heteroatoms. The summed E-state index contributed by atoms with van der Waals surface area (Å²) in [5.74, 6) is 0. The van der Waals surface area contributed by atoms with E-state index in [1.807, 2.05) is 104 Å².